The van der Waals surface area contributed by atoms with E-state index in [1.165, 1.54) is 11.1 Å². The summed E-state index contributed by atoms with van der Waals surface area (Å²) >= 11 is 0.454. The van der Waals surface area contributed by atoms with Crippen LogP contribution in [0.2, 0.25) is 0 Å². The van der Waals surface area contributed by atoms with Crippen LogP contribution in [-0.2, 0) is 0 Å². The third-order valence-corrected chi connectivity index (χ3v) is 6.16. The van der Waals surface area contributed by atoms with Crippen molar-refractivity contribution in [2.45, 2.75) is 25.7 Å². The van der Waals surface area contributed by atoms with Crippen LogP contribution in [0.15, 0.2) is 28.7 Å². The van der Waals surface area contributed by atoms with Crippen LogP contribution in [0.5, 0.6) is 0 Å². The molecule has 0 aromatic heterocycles. The molecule has 0 amide bonds. The molecule has 2 nitrogen and oxygen atoms in total. The summed E-state index contributed by atoms with van der Waals surface area (Å²) in [5.74, 6) is 0. The third kappa shape index (κ3) is 2.80. The Hall–Kier alpha value is -0.601. The van der Waals surface area contributed by atoms with Gasteiger partial charge >= 0.3 is 110 Å². The number of hydrogen-bond donors (Lipinski definition) is 2. The van der Waals surface area contributed by atoms with Gasteiger partial charge in [-0.1, -0.05) is 0 Å². The van der Waals surface area contributed by atoms with Crippen LogP contribution in [0.3, 0.4) is 0 Å². The van der Waals surface area contributed by atoms with E-state index >= 15 is 0 Å². The number of hydrazine groups is 1. The first-order valence-corrected chi connectivity index (χ1v) is 7.77. The molecule has 0 aliphatic carbocycles. The van der Waals surface area contributed by atoms with E-state index in [1.807, 2.05) is 7.05 Å². The molecule has 0 radical (unpaired) electrons. The van der Waals surface area contributed by atoms with Crippen LogP contribution < -0.4 is 10.9 Å². The van der Waals surface area contributed by atoms with Gasteiger partial charge in [0.1, 0.15) is 0 Å². The maximum absolute atomic E-state index is 3.38. The van der Waals surface area contributed by atoms with Crippen molar-refractivity contribution in [1.29, 1.82) is 0 Å². The van der Waals surface area contributed by atoms with E-state index in [0.717, 1.165) is 0 Å². The zero-order valence-electron chi connectivity index (χ0n) is 10.9. The fourth-order valence-electron chi connectivity index (χ4n) is 1.88. The molecular weight excluding hydrogens is 275 g/mol. The Morgan fingerprint density at radius 1 is 1.18 bits per heavy atom. The number of benzene rings is 1. The minimum atomic E-state index is 0.265. The molecule has 0 spiro atoms. The Balaban J connectivity index is 2.41. The van der Waals surface area contributed by atoms with Crippen LogP contribution in [-0.4, -0.2) is 22.0 Å². The van der Waals surface area contributed by atoms with Crippen LogP contribution in [0.25, 0.3) is 6.08 Å². The average molecular weight is 295 g/mol. The SMILES string of the molecule is CNNC1[Se]C(C(C)(C)C)=Cc2ccccc21. The van der Waals surface area contributed by atoms with Crippen molar-refractivity contribution < 1.29 is 0 Å². The molecule has 0 saturated heterocycles. The van der Waals surface area contributed by atoms with E-state index in [9.17, 15) is 0 Å². The zero-order chi connectivity index (χ0) is 12.5. The third-order valence-electron chi connectivity index (χ3n) is 2.82. The average Bonchev–Trinajstić information content (AvgIpc) is 2.28. The number of nitrogens with one attached hydrogen (secondary N) is 2. The molecular formula is C14H20N2Se. The van der Waals surface area contributed by atoms with E-state index in [0.29, 0.717) is 19.9 Å². The van der Waals surface area contributed by atoms with Crippen molar-refractivity contribution in [2.75, 3.05) is 7.05 Å². The summed E-state index contributed by atoms with van der Waals surface area (Å²) in [6.45, 7) is 6.89. The first kappa shape index (κ1) is 12.8. The molecule has 1 unspecified atom stereocenters. The van der Waals surface area contributed by atoms with Crippen molar-refractivity contribution in [1.82, 2.24) is 10.9 Å². The fourth-order valence-corrected chi connectivity index (χ4v) is 4.65. The van der Waals surface area contributed by atoms with Gasteiger partial charge in [-0.05, 0) is 0 Å². The molecule has 1 aliphatic rings. The van der Waals surface area contributed by atoms with Gasteiger partial charge in [0, 0.05) is 0 Å². The quantitative estimate of drug-likeness (QED) is 0.647. The minimum absolute atomic E-state index is 0.265. The summed E-state index contributed by atoms with van der Waals surface area (Å²) in [5, 5.41) is 0. The standard InChI is InChI=1S/C14H20N2Se/c1-14(2,3)12-9-10-7-5-6-8-11(10)13(17-12)16-15-4/h5-9,13,15-16H,1-4H3. The molecule has 1 atom stereocenters. The summed E-state index contributed by atoms with van der Waals surface area (Å²) in [4.78, 5) is 0.433. The molecule has 2 rings (SSSR count). The number of hydrogen-bond acceptors (Lipinski definition) is 2. The van der Waals surface area contributed by atoms with Crippen LogP contribution >= 0.6 is 0 Å². The zero-order valence-corrected chi connectivity index (χ0v) is 12.6. The molecule has 17 heavy (non-hydrogen) atoms. The molecule has 92 valence electrons. The topological polar surface area (TPSA) is 24.1 Å². The van der Waals surface area contributed by atoms with E-state index < -0.39 is 0 Å². The summed E-state index contributed by atoms with van der Waals surface area (Å²) in [7, 11) is 1.94. The summed E-state index contributed by atoms with van der Waals surface area (Å²) in [5.41, 5.74) is 9.50. The normalized spacial score (nSPS) is 19.8. The molecule has 0 bridgehead atoms. The first-order valence-electron chi connectivity index (χ1n) is 5.92. The second-order valence-electron chi connectivity index (χ2n) is 5.28. The van der Waals surface area contributed by atoms with Crippen LogP contribution in [0.4, 0.5) is 0 Å². The van der Waals surface area contributed by atoms with Gasteiger partial charge < -0.3 is 0 Å². The first-order chi connectivity index (χ1) is 8.02. The molecule has 1 aliphatic heterocycles. The van der Waals surface area contributed by atoms with Gasteiger partial charge in [0.2, 0.25) is 0 Å². The molecule has 0 fully saturated rings. The van der Waals surface area contributed by atoms with Gasteiger partial charge in [-0.2, -0.15) is 0 Å². The van der Waals surface area contributed by atoms with Gasteiger partial charge in [0.15, 0.2) is 0 Å². The van der Waals surface area contributed by atoms with Crippen molar-refractivity contribution in [2.24, 2.45) is 5.41 Å². The van der Waals surface area contributed by atoms with E-state index in [4.69, 9.17) is 0 Å². The van der Waals surface area contributed by atoms with Gasteiger partial charge in [-0.15, -0.1) is 0 Å². The van der Waals surface area contributed by atoms with E-state index in [1.54, 1.807) is 4.47 Å². The Labute approximate surface area is 110 Å². The summed E-state index contributed by atoms with van der Waals surface area (Å²) < 4.78 is 1.57. The number of allylic oxidation sites excluding steroid dienone is 1. The molecule has 0 saturated carbocycles. The maximum atomic E-state index is 3.38. The number of rotatable bonds is 2. The Morgan fingerprint density at radius 2 is 1.88 bits per heavy atom. The van der Waals surface area contributed by atoms with Crippen LogP contribution in [0, 0.1) is 5.41 Å². The van der Waals surface area contributed by atoms with Crippen molar-refractivity contribution in [3.63, 3.8) is 0 Å². The predicted molar refractivity (Wildman–Crippen MR) is 74.6 cm³/mol. The molecule has 2 N–H and O–H groups in total. The van der Waals surface area contributed by atoms with Gasteiger partial charge in [-0.25, -0.2) is 0 Å². The molecule has 3 heteroatoms. The van der Waals surface area contributed by atoms with E-state index in [-0.39, 0.29) is 5.41 Å². The Kier molecular flexibility index (Phi) is 3.74. The van der Waals surface area contributed by atoms with Crippen LogP contribution in [0.1, 0.15) is 36.8 Å². The summed E-state index contributed by atoms with van der Waals surface area (Å²) in [6, 6.07) is 8.67. The molecule has 1 aromatic carbocycles. The second-order valence-corrected chi connectivity index (χ2v) is 7.69. The van der Waals surface area contributed by atoms with E-state index in [2.05, 4.69) is 62.0 Å². The molecule has 1 heterocycles. The Morgan fingerprint density at radius 3 is 2.53 bits per heavy atom. The molecule has 1 aromatic rings. The van der Waals surface area contributed by atoms with Gasteiger partial charge in [0.05, 0.1) is 0 Å². The van der Waals surface area contributed by atoms with Crippen molar-refractivity contribution in [3.8, 4) is 0 Å². The second kappa shape index (κ2) is 4.95. The van der Waals surface area contributed by atoms with Gasteiger partial charge in [0.25, 0.3) is 0 Å². The van der Waals surface area contributed by atoms with Crippen molar-refractivity contribution in [3.05, 3.63) is 39.9 Å². The fraction of sp³-hybridized carbons (Fsp3) is 0.429. The van der Waals surface area contributed by atoms with Crippen molar-refractivity contribution >= 4 is 21.0 Å². The number of fused-ring (bicyclic) bond motifs is 1. The summed E-state index contributed by atoms with van der Waals surface area (Å²) in [6.07, 6.45) is 2.38. The van der Waals surface area contributed by atoms with Gasteiger partial charge in [-0.3, -0.25) is 0 Å². The monoisotopic (exact) mass is 296 g/mol. The predicted octanol–water partition coefficient (Wildman–Crippen LogP) is 2.51. The Bertz CT molecular complexity index is 432.